The summed E-state index contributed by atoms with van der Waals surface area (Å²) in [5, 5.41) is 12.0. The van der Waals surface area contributed by atoms with Crippen LogP contribution in [0.2, 0.25) is 0 Å². The van der Waals surface area contributed by atoms with Crippen molar-refractivity contribution in [3.05, 3.63) is 28.7 Å². The molecular weight excluding hydrogens is 324 g/mol. The van der Waals surface area contributed by atoms with E-state index >= 15 is 0 Å². The Balaban J connectivity index is 1.98. The zero-order chi connectivity index (χ0) is 14.7. The van der Waals surface area contributed by atoms with Crippen molar-refractivity contribution in [3.8, 4) is 0 Å². The highest BCUT2D eigenvalue weighted by molar-refractivity contribution is 9.10. The molecule has 0 bridgehead atoms. The Hall–Kier alpha value is -1.40. The number of amides is 1. The summed E-state index contributed by atoms with van der Waals surface area (Å²) < 4.78 is 0.804. The first-order valence-corrected chi connectivity index (χ1v) is 7.29. The molecule has 2 rings (SSSR count). The summed E-state index contributed by atoms with van der Waals surface area (Å²) in [7, 11) is 0. The van der Waals surface area contributed by atoms with Gasteiger partial charge in [0.05, 0.1) is 12.2 Å². The molecule has 1 saturated heterocycles. The Morgan fingerprint density at radius 2 is 2.15 bits per heavy atom. The number of carboxylic acid groups (broad SMARTS) is 1. The van der Waals surface area contributed by atoms with E-state index in [2.05, 4.69) is 21.2 Å². The van der Waals surface area contributed by atoms with Gasteiger partial charge in [-0.2, -0.15) is 0 Å². The van der Waals surface area contributed by atoms with Crippen LogP contribution in [0.4, 0.5) is 5.69 Å². The molecule has 0 aromatic heterocycles. The molecule has 1 aliphatic heterocycles. The van der Waals surface area contributed by atoms with Crippen molar-refractivity contribution in [1.82, 2.24) is 4.90 Å². The third-order valence-corrected chi connectivity index (χ3v) is 4.24. The van der Waals surface area contributed by atoms with Gasteiger partial charge in [0.15, 0.2) is 0 Å². The van der Waals surface area contributed by atoms with Crippen molar-refractivity contribution < 1.29 is 14.7 Å². The molecule has 0 aliphatic carbocycles. The summed E-state index contributed by atoms with van der Waals surface area (Å²) in [6, 6.07) is 6.76. The van der Waals surface area contributed by atoms with Crippen LogP contribution in [0.3, 0.4) is 0 Å². The number of benzene rings is 1. The summed E-state index contributed by atoms with van der Waals surface area (Å²) in [5.74, 6) is -0.982. The van der Waals surface area contributed by atoms with Crippen molar-refractivity contribution in [2.75, 3.05) is 18.4 Å². The van der Waals surface area contributed by atoms with Crippen LogP contribution in [0, 0.1) is 5.92 Å². The lowest BCUT2D eigenvalue weighted by atomic mass is 10.0. The molecule has 2 unspecified atom stereocenters. The second-order valence-electron chi connectivity index (χ2n) is 5.05. The average Bonchev–Trinajstić information content (AvgIpc) is 2.73. The standard InChI is InChI=1S/C14H17BrN2O3/c1-9-6-7-17(13(9)14(19)20)8-12(18)16-11-5-3-2-4-10(11)15/h2-5,9,13H,6-8H2,1H3,(H,16,18)(H,19,20). The molecule has 0 radical (unpaired) electrons. The second-order valence-corrected chi connectivity index (χ2v) is 5.90. The van der Waals surface area contributed by atoms with E-state index in [1.807, 2.05) is 25.1 Å². The summed E-state index contributed by atoms with van der Waals surface area (Å²) in [6.45, 7) is 2.65. The fourth-order valence-electron chi connectivity index (χ4n) is 2.54. The first-order chi connectivity index (χ1) is 9.49. The first-order valence-electron chi connectivity index (χ1n) is 6.50. The molecule has 1 amide bonds. The van der Waals surface area contributed by atoms with E-state index in [0.29, 0.717) is 12.2 Å². The van der Waals surface area contributed by atoms with Gasteiger partial charge in [-0.1, -0.05) is 19.1 Å². The summed E-state index contributed by atoms with van der Waals surface area (Å²) in [6.07, 6.45) is 0.805. The van der Waals surface area contributed by atoms with Gasteiger partial charge in [-0.25, -0.2) is 0 Å². The lowest BCUT2D eigenvalue weighted by Gasteiger charge is -2.22. The summed E-state index contributed by atoms with van der Waals surface area (Å²) in [5.41, 5.74) is 0.691. The molecule has 108 valence electrons. The minimum Gasteiger partial charge on any atom is -0.480 e. The van der Waals surface area contributed by atoms with Gasteiger partial charge in [0.2, 0.25) is 5.91 Å². The van der Waals surface area contributed by atoms with E-state index in [9.17, 15) is 14.7 Å². The number of carbonyl (C=O) groups excluding carboxylic acids is 1. The van der Waals surface area contributed by atoms with Gasteiger partial charge < -0.3 is 10.4 Å². The van der Waals surface area contributed by atoms with Crippen LogP contribution in [-0.4, -0.2) is 41.0 Å². The zero-order valence-corrected chi connectivity index (χ0v) is 12.8. The number of likely N-dealkylation sites (tertiary alicyclic amines) is 1. The van der Waals surface area contributed by atoms with Crippen LogP contribution < -0.4 is 5.32 Å². The molecule has 2 N–H and O–H groups in total. The van der Waals surface area contributed by atoms with E-state index < -0.39 is 12.0 Å². The highest BCUT2D eigenvalue weighted by Crippen LogP contribution is 2.25. The lowest BCUT2D eigenvalue weighted by molar-refractivity contribution is -0.143. The maximum Gasteiger partial charge on any atom is 0.321 e. The Morgan fingerprint density at radius 1 is 1.45 bits per heavy atom. The quantitative estimate of drug-likeness (QED) is 0.881. The summed E-state index contributed by atoms with van der Waals surface area (Å²) in [4.78, 5) is 25.0. The molecule has 0 saturated carbocycles. The molecule has 1 aromatic carbocycles. The fourth-order valence-corrected chi connectivity index (χ4v) is 2.92. The molecule has 1 heterocycles. The number of anilines is 1. The number of nitrogens with one attached hydrogen (secondary N) is 1. The summed E-state index contributed by atoms with van der Waals surface area (Å²) >= 11 is 3.36. The first kappa shape index (κ1) is 15.0. The SMILES string of the molecule is CC1CCN(CC(=O)Nc2ccccc2Br)C1C(=O)O. The smallest absolute Gasteiger partial charge is 0.321 e. The van der Waals surface area contributed by atoms with E-state index in [1.165, 1.54) is 0 Å². The number of hydrogen-bond donors (Lipinski definition) is 2. The molecule has 20 heavy (non-hydrogen) atoms. The van der Waals surface area contributed by atoms with Crippen LogP contribution in [0.15, 0.2) is 28.7 Å². The second kappa shape index (κ2) is 6.37. The van der Waals surface area contributed by atoms with Crippen LogP contribution in [0.1, 0.15) is 13.3 Å². The third-order valence-electron chi connectivity index (χ3n) is 3.55. The van der Waals surface area contributed by atoms with E-state index in [0.717, 1.165) is 10.9 Å². The van der Waals surface area contributed by atoms with Crippen LogP contribution in [0.25, 0.3) is 0 Å². The number of halogens is 1. The Kier molecular flexibility index (Phi) is 4.77. The number of aliphatic carboxylic acids is 1. The van der Waals surface area contributed by atoms with Crippen molar-refractivity contribution in [3.63, 3.8) is 0 Å². The minimum atomic E-state index is -0.858. The number of hydrogen-bond acceptors (Lipinski definition) is 3. The topological polar surface area (TPSA) is 69.6 Å². The monoisotopic (exact) mass is 340 g/mol. The van der Waals surface area contributed by atoms with Crippen molar-refractivity contribution in [2.45, 2.75) is 19.4 Å². The van der Waals surface area contributed by atoms with Gasteiger partial charge in [-0.3, -0.25) is 14.5 Å². The Morgan fingerprint density at radius 3 is 2.80 bits per heavy atom. The van der Waals surface area contributed by atoms with Crippen molar-refractivity contribution >= 4 is 33.5 Å². The number of carboxylic acids is 1. The predicted octanol–water partition coefficient (Wildman–Crippen LogP) is 2.18. The molecule has 1 aliphatic rings. The van der Waals surface area contributed by atoms with Gasteiger partial charge in [0, 0.05) is 4.47 Å². The van der Waals surface area contributed by atoms with E-state index in [1.54, 1.807) is 11.0 Å². The van der Waals surface area contributed by atoms with Gasteiger partial charge in [-0.15, -0.1) is 0 Å². The Bertz CT molecular complexity index is 521. The number of rotatable bonds is 4. The molecule has 1 aromatic rings. The van der Waals surface area contributed by atoms with Crippen LogP contribution in [-0.2, 0) is 9.59 Å². The normalized spacial score (nSPS) is 22.7. The highest BCUT2D eigenvalue weighted by Gasteiger charge is 2.37. The Labute approximate surface area is 126 Å². The molecule has 6 heteroatoms. The maximum atomic E-state index is 12.0. The van der Waals surface area contributed by atoms with Crippen molar-refractivity contribution in [2.24, 2.45) is 5.92 Å². The largest absolute Gasteiger partial charge is 0.480 e. The molecule has 5 nitrogen and oxygen atoms in total. The predicted molar refractivity (Wildman–Crippen MR) is 79.5 cm³/mol. The number of para-hydroxylation sites is 1. The third kappa shape index (κ3) is 3.37. The van der Waals surface area contributed by atoms with Crippen LogP contribution >= 0.6 is 15.9 Å². The fraction of sp³-hybridized carbons (Fsp3) is 0.429. The molecule has 1 fully saturated rings. The number of nitrogens with zero attached hydrogens (tertiary/aromatic N) is 1. The van der Waals surface area contributed by atoms with Gasteiger partial charge in [-0.05, 0) is 46.9 Å². The van der Waals surface area contributed by atoms with Gasteiger partial charge in [0.1, 0.15) is 6.04 Å². The van der Waals surface area contributed by atoms with Gasteiger partial charge >= 0.3 is 5.97 Å². The van der Waals surface area contributed by atoms with E-state index in [-0.39, 0.29) is 18.4 Å². The minimum absolute atomic E-state index is 0.0729. The maximum absolute atomic E-state index is 12.0. The van der Waals surface area contributed by atoms with Gasteiger partial charge in [0.25, 0.3) is 0 Å². The number of carbonyl (C=O) groups is 2. The zero-order valence-electron chi connectivity index (χ0n) is 11.2. The molecular formula is C14H17BrN2O3. The van der Waals surface area contributed by atoms with Crippen LogP contribution in [0.5, 0.6) is 0 Å². The average molecular weight is 341 g/mol. The van der Waals surface area contributed by atoms with E-state index in [4.69, 9.17) is 0 Å². The lowest BCUT2D eigenvalue weighted by Crippen LogP contribution is -2.43. The molecule has 2 atom stereocenters. The highest BCUT2D eigenvalue weighted by atomic mass is 79.9. The molecule has 0 spiro atoms. The van der Waals surface area contributed by atoms with Crippen molar-refractivity contribution in [1.29, 1.82) is 0 Å².